The minimum atomic E-state index is -5.66. The van der Waals surface area contributed by atoms with Crippen molar-refractivity contribution in [1.29, 1.82) is 0 Å². The molecule has 6 unspecified atom stereocenters. The summed E-state index contributed by atoms with van der Waals surface area (Å²) in [4.78, 5) is 41.3. The predicted octanol–water partition coefficient (Wildman–Crippen LogP) is 14.2. The normalized spacial score (nSPS) is 25.8. The lowest BCUT2D eigenvalue weighted by Gasteiger charge is -2.25. The molecule has 3 aromatic carbocycles. The second kappa shape index (κ2) is 29.7. The molecule has 6 aliphatic carbocycles. The zero-order valence-electron chi connectivity index (χ0n) is 61.1. The molecule has 0 aliphatic heterocycles. The van der Waals surface area contributed by atoms with E-state index in [1.807, 2.05) is 0 Å². The van der Waals surface area contributed by atoms with E-state index in [2.05, 4.69) is 46.5 Å². The van der Waals surface area contributed by atoms with Gasteiger partial charge in [0.1, 0.15) is 51.6 Å². The van der Waals surface area contributed by atoms with Gasteiger partial charge in [-0.05, 0) is 167 Å². The minimum Gasteiger partial charge on any atom is -0.385 e. The van der Waals surface area contributed by atoms with Gasteiger partial charge in [0.15, 0.2) is 37.3 Å². The number of hydrogen-bond donors (Lipinski definition) is 9. The van der Waals surface area contributed by atoms with Crippen LogP contribution in [0, 0.1) is 53.0 Å². The Morgan fingerprint density at radius 2 is 0.681 bits per heavy atom. The number of carbonyl (C=O) groups is 3. The first-order valence-corrected chi connectivity index (χ1v) is 38.9. The molecule has 0 spiro atoms. The van der Waals surface area contributed by atoms with E-state index in [-0.39, 0.29) is 160 Å². The van der Waals surface area contributed by atoms with E-state index in [9.17, 15) is 42.9 Å². The summed E-state index contributed by atoms with van der Waals surface area (Å²) in [6.07, 6.45) is -14.5. The number of nitrogens with two attached hydrogens (primary N) is 3. The number of phosphoric acid groups is 1. The number of hydrogen-bond acceptors (Lipinski definition) is 19. The van der Waals surface area contributed by atoms with E-state index in [1.54, 1.807) is 0 Å². The Kier molecular flexibility index (Phi) is 20.9. The topological polar surface area (TPSA) is 378 Å². The van der Waals surface area contributed by atoms with Gasteiger partial charge in [-0.2, -0.15) is 70.1 Å². The zero-order chi connectivity index (χ0) is 83.3. The fourth-order valence-corrected chi connectivity index (χ4v) is 20.0. The van der Waals surface area contributed by atoms with Crippen LogP contribution < -0.4 is 33.2 Å². The number of aromatic nitrogens is 12. The van der Waals surface area contributed by atoms with Gasteiger partial charge in [0.2, 0.25) is 0 Å². The number of rotatable bonds is 21. The van der Waals surface area contributed by atoms with Crippen LogP contribution in [0.15, 0.2) is 73.2 Å². The van der Waals surface area contributed by atoms with Crippen LogP contribution in [0.4, 0.5) is 87.2 Å². The van der Waals surface area contributed by atoms with Gasteiger partial charge in [-0.25, -0.2) is 31.8 Å². The number of aliphatic hydroxyl groups is 3. The Labute approximate surface area is 664 Å². The lowest BCUT2D eigenvalue weighted by molar-refractivity contribution is -0.145. The highest BCUT2D eigenvalue weighted by molar-refractivity contribution is 7.48. The number of alkyl halides is 9. The van der Waals surface area contributed by atoms with Gasteiger partial charge in [0, 0.05) is 91.2 Å². The number of nitrogen functional groups attached to an aromatic ring is 3. The third-order valence-corrected chi connectivity index (χ3v) is 25.7. The number of carbonyl (C=O) groups excluding carboxylic acids is 3. The van der Waals surface area contributed by atoms with Crippen molar-refractivity contribution in [1.82, 2.24) is 58.7 Å². The van der Waals surface area contributed by atoms with Crippen LogP contribution in [0.2, 0.25) is 15.1 Å². The van der Waals surface area contributed by atoms with Crippen LogP contribution in [0.3, 0.4) is 0 Å². The average Bonchev–Trinajstić information content (AvgIpc) is 1.59. The van der Waals surface area contributed by atoms with Crippen molar-refractivity contribution in [3.8, 4) is 0 Å². The molecule has 620 valence electrons. The molecule has 12 N–H and O–H groups in total. The summed E-state index contributed by atoms with van der Waals surface area (Å²) in [5.41, 5.74) is 5.99. The fourth-order valence-electron chi connectivity index (χ4n) is 18.5. The van der Waals surface area contributed by atoms with Gasteiger partial charge >= 0.3 is 26.4 Å². The summed E-state index contributed by atoms with van der Waals surface area (Å²) >= 11 is 17.8. The second-order valence-corrected chi connectivity index (χ2v) is 33.8. The van der Waals surface area contributed by atoms with Gasteiger partial charge in [-0.1, -0.05) is 34.8 Å². The third-order valence-electron chi connectivity index (χ3n) is 23.5. The quantitative estimate of drug-likeness (QED) is 0.0238. The third kappa shape index (κ3) is 15.5. The van der Waals surface area contributed by atoms with E-state index < -0.39 is 186 Å². The molecule has 6 heterocycles. The van der Waals surface area contributed by atoms with Gasteiger partial charge in [0.25, 0.3) is 17.7 Å². The van der Waals surface area contributed by atoms with Gasteiger partial charge in [0.05, 0.1) is 49.0 Å². The Morgan fingerprint density at radius 3 is 0.897 bits per heavy atom. The average molecular weight is 1710 g/mol. The van der Waals surface area contributed by atoms with Crippen LogP contribution in [0.5, 0.6) is 0 Å². The summed E-state index contributed by atoms with van der Waals surface area (Å²) in [5.74, 6) is -9.14. The number of nitrogens with one attached hydrogen (secondary N) is 3. The van der Waals surface area contributed by atoms with Gasteiger partial charge in [-0.3, -0.25) is 42.0 Å². The molecule has 28 nitrogen and oxygen atoms in total. The maximum Gasteiger partial charge on any atom is 0.480 e. The van der Waals surface area contributed by atoms with Crippen LogP contribution in [-0.4, -0.2) is 91.7 Å². The number of fused-ring (bicyclic) bond motifs is 3. The number of benzene rings is 3. The Morgan fingerprint density at radius 1 is 0.448 bits per heavy atom. The Bertz CT molecular complexity index is 4910. The van der Waals surface area contributed by atoms with Crippen LogP contribution in [-0.2, 0) is 94.8 Å². The standard InChI is InChI=1S/C72H72Cl3F12N18O10P/c1-100-61(88)52(64(106)91-40-4-7-49(76)46(73)16-40)55(94-100)31-10-34-19-67(109,20-35(34)11-31)43-25-103(97-58(43)70(79,80)81)28-113-116(112,114-29-104-26-44(59(98-104)71(82,83)84)68(110)21-36-12-32(13-37(36)22-68)56-53(62(89)101(2)95-56)65(107)92-41-5-8-50(77)47(74)17-41)115-30-105-27-45(60(99-105)72(85,86)87)69(111)23-38-14-33(15-39(38)24-69)57-54(63(90)102(3)96-57)66(108)93-42-6-9-51(78)48(75)18-42/h4-9,16-18,25-27,31-39,109-111H,10-15,19-24,28-30,88-90H2,1-3H3,(H,91,106)(H,92,107)(H,93,108). The van der Waals surface area contributed by atoms with Crippen molar-refractivity contribution in [2.45, 2.75) is 150 Å². The monoisotopic (exact) mass is 1710 g/mol. The Hall–Kier alpha value is -9.25. The molecular formula is C72H72Cl3F12N18O10P. The van der Waals surface area contributed by atoms with Crippen LogP contribution >= 0.6 is 42.6 Å². The van der Waals surface area contributed by atoms with Crippen molar-refractivity contribution >= 4 is 94.9 Å². The molecule has 3 amide bonds. The van der Waals surface area contributed by atoms with Crippen LogP contribution in [0.1, 0.15) is 177 Å². The lowest BCUT2D eigenvalue weighted by atomic mass is 9.87. The van der Waals surface area contributed by atoms with E-state index in [4.69, 9.17) is 65.6 Å². The molecule has 6 aliphatic rings. The maximum atomic E-state index is 15.3. The number of amides is 3. The summed E-state index contributed by atoms with van der Waals surface area (Å²) < 4.78 is 217. The SMILES string of the molecule is Cn1nc(C2CC3CC(O)(c4cn(COP(=O)(OCn5cc(C6(O)CC7CC(c8nn(C)c(N)c8C(=O)Nc8ccc(F)c(Cl)c8)CC7C6)c(C(F)(F)F)n5)OCn5cc(C6(O)CC7CC(c8nn(C)c(N)c8C(=O)Nc8ccc(F)c(Cl)c8)CC7C6)c(C(F)(F)F)n5)nc4C(F)(F)F)CC3C2)c(C(=O)Nc2ccc(F)c(Cl)c2)c1N. The number of halogens is 15. The molecule has 44 heteroatoms. The summed E-state index contributed by atoms with van der Waals surface area (Å²) in [7, 11) is -1.21. The molecular weight excluding hydrogens is 1640 g/mol. The van der Waals surface area contributed by atoms with E-state index in [0.29, 0.717) is 14.0 Å². The van der Waals surface area contributed by atoms with Gasteiger partial charge < -0.3 is 48.5 Å². The highest BCUT2D eigenvalue weighted by Crippen LogP contribution is 2.62. The predicted molar refractivity (Wildman–Crippen MR) is 390 cm³/mol. The molecule has 0 saturated heterocycles. The first kappa shape index (κ1) is 81.9. The van der Waals surface area contributed by atoms with E-state index >= 15 is 44.1 Å². The molecule has 6 fully saturated rings. The van der Waals surface area contributed by atoms with E-state index in [0.717, 1.165) is 36.8 Å². The molecule has 0 radical (unpaired) electrons. The second-order valence-electron chi connectivity index (χ2n) is 30.9. The van der Waals surface area contributed by atoms with Gasteiger partial charge in [-0.15, -0.1) is 0 Å². The smallest absolute Gasteiger partial charge is 0.385 e. The summed E-state index contributed by atoms with van der Waals surface area (Å²) in [5, 5.41) is 68.6. The summed E-state index contributed by atoms with van der Waals surface area (Å²) in [6.45, 7) is -4.07. The van der Waals surface area contributed by atoms with E-state index in [1.165, 1.54) is 71.6 Å². The molecule has 6 aromatic heterocycles. The fraction of sp³-hybridized carbons (Fsp3) is 0.458. The number of anilines is 6. The highest BCUT2D eigenvalue weighted by Gasteiger charge is 2.58. The number of nitrogens with zero attached hydrogens (tertiary/aromatic N) is 12. The first-order chi connectivity index (χ1) is 54.3. The number of phosphoric ester groups is 1. The molecule has 0 bridgehead atoms. The first-order valence-electron chi connectivity index (χ1n) is 36.3. The molecule has 6 atom stereocenters. The van der Waals surface area contributed by atoms with Crippen molar-refractivity contribution in [2.24, 2.45) is 56.7 Å². The zero-order valence-corrected chi connectivity index (χ0v) is 64.3. The Balaban J connectivity index is 0.681. The largest absolute Gasteiger partial charge is 0.480 e. The minimum absolute atomic E-state index is 0.0264. The molecule has 116 heavy (non-hydrogen) atoms. The van der Waals surface area contributed by atoms with Crippen molar-refractivity contribution in [3.63, 3.8) is 0 Å². The van der Waals surface area contributed by atoms with Crippen molar-refractivity contribution in [3.05, 3.63) is 173 Å². The molecule has 6 saturated carbocycles. The summed E-state index contributed by atoms with van der Waals surface area (Å²) in [6, 6.07) is 10.5. The van der Waals surface area contributed by atoms with Crippen LogP contribution in [0.25, 0.3) is 0 Å². The maximum absolute atomic E-state index is 15.3. The molecule has 15 rings (SSSR count). The lowest BCUT2D eigenvalue weighted by Crippen LogP contribution is -2.26. The van der Waals surface area contributed by atoms with Crippen molar-refractivity contribution in [2.75, 3.05) is 33.2 Å². The van der Waals surface area contributed by atoms with Crippen molar-refractivity contribution < 1.29 is 101 Å². The number of aryl methyl sites for hydroxylation is 3. The molecule has 9 aromatic rings. The highest BCUT2D eigenvalue weighted by atomic mass is 35.5.